The molecule has 0 saturated heterocycles. The van der Waals surface area contributed by atoms with Gasteiger partial charge in [0, 0.05) is 12.4 Å². The molecule has 3 aromatic heterocycles. The Bertz CT molecular complexity index is 703. The molecular weight excluding hydrogens is 260 g/mol. The smallest absolute Gasteiger partial charge is 0.234 e. The molecule has 0 spiro atoms. The molecule has 0 aliphatic carbocycles. The first kappa shape index (κ1) is 11.6. The van der Waals surface area contributed by atoms with E-state index in [1.807, 2.05) is 41.9 Å². The fraction of sp³-hybridized carbons (Fsp3) is 0. The van der Waals surface area contributed by atoms with Gasteiger partial charge >= 0.3 is 0 Å². The van der Waals surface area contributed by atoms with Crippen LogP contribution in [-0.2, 0) is 0 Å². The van der Waals surface area contributed by atoms with Crippen LogP contribution >= 0.6 is 11.3 Å². The molecule has 0 radical (unpaired) electrons. The van der Waals surface area contributed by atoms with E-state index >= 15 is 0 Å². The average Bonchev–Trinajstić information content (AvgIpc) is 3.10. The highest BCUT2D eigenvalue weighted by Gasteiger charge is 2.07. The largest absolute Gasteiger partial charge is 0.411 e. The van der Waals surface area contributed by atoms with E-state index in [1.54, 1.807) is 22.1 Å². The molecule has 0 bridgehead atoms. The molecular formula is C13H10N4OS. The third kappa shape index (κ3) is 2.25. The van der Waals surface area contributed by atoms with E-state index in [2.05, 4.69) is 15.1 Å². The highest BCUT2D eigenvalue weighted by atomic mass is 32.1. The predicted molar refractivity (Wildman–Crippen MR) is 74.1 cm³/mol. The Morgan fingerprint density at radius 1 is 1.26 bits per heavy atom. The normalized spacial score (nSPS) is 11.2. The van der Waals surface area contributed by atoms with Crippen LogP contribution < -0.4 is 0 Å². The van der Waals surface area contributed by atoms with Crippen molar-refractivity contribution in [1.29, 1.82) is 0 Å². The van der Waals surface area contributed by atoms with Crippen LogP contribution in [-0.4, -0.2) is 26.0 Å². The number of rotatable bonds is 3. The molecule has 0 atom stereocenters. The molecule has 0 unspecified atom stereocenters. The first-order valence-corrected chi connectivity index (χ1v) is 6.48. The minimum Gasteiger partial charge on any atom is -0.411 e. The van der Waals surface area contributed by atoms with E-state index in [-0.39, 0.29) is 0 Å². The Labute approximate surface area is 113 Å². The summed E-state index contributed by atoms with van der Waals surface area (Å²) in [5.74, 6) is 0.547. The van der Waals surface area contributed by atoms with E-state index < -0.39 is 0 Å². The zero-order chi connectivity index (χ0) is 13.1. The first-order valence-electron chi connectivity index (χ1n) is 5.60. The molecule has 0 aliphatic rings. The van der Waals surface area contributed by atoms with Gasteiger partial charge in [-0.15, -0.1) is 11.3 Å². The molecule has 1 N–H and O–H groups in total. The van der Waals surface area contributed by atoms with Gasteiger partial charge in [0.15, 0.2) is 0 Å². The van der Waals surface area contributed by atoms with Crippen LogP contribution in [0.3, 0.4) is 0 Å². The van der Waals surface area contributed by atoms with Crippen molar-refractivity contribution in [2.45, 2.75) is 0 Å². The van der Waals surface area contributed by atoms with Gasteiger partial charge in [-0.1, -0.05) is 11.2 Å². The molecule has 3 aromatic rings. The maximum atomic E-state index is 8.63. The van der Waals surface area contributed by atoms with Crippen LogP contribution in [0.25, 0.3) is 16.5 Å². The fourth-order valence-corrected chi connectivity index (χ4v) is 2.46. The molecule has 19 heavy (non-hydrogen) atoms. The zero-order valence-electron chi connectivity index (χ0n) is 9.84. The van der Waals surface area contributed by atoms with Crippen LogP contribution in [0.4, 0.5) is 0 Å². The second-order valence-corrected chi connectivity index (χ2v) is 4.71. The van der Waals surface area contributed by atoms with Crippen molar-refractivity contribution in [1.82, 2.24) is 14.5 Å². The van der Waals surface area contributed by atoms with E-state index in [9.17, 15) is 0 Å². The Hall–Kier alpha value is -2.47. The summed E-state index contributed by atoms with van der Waals surface area (Å²) in [6.07, 6.45) is 4.89. The Morgan fingerprint density at radius 2 is 2.21 bits per heavy atom. The van der Waals surface area contributed by atoms with Crippen LogP contribution in [0.2, 0.25) is 0 Å². The average molecular weight is 270 g/mol. The second-order valence-electron chi connectivity index (χ2n) is 3.77. The maximum absolute atomic E-state index is 8.63. The number of hydrogen-bond donors (Lipinski definition) is 1. The number of hydrogen-bond acceptors (Lipinski definition) is 5. The molecule has 3 rings (SSSR count). The lowest BCUT2D eigenvalue weighted by Crippen LogP contribution is -2.03. The van der Waals surface area contributed by atoms with Crippen LogP contribution in [0, 0.1) is 0 Å². The van der Waals surface area contributed by atoms with Crippen molar-refractivity contribution in [3.8, 4) is 16.5 Å². The van der Waals surface area contributed by atoms with Crippen molar-refractivity contribution in [3.63, 3.8) is 0 Å². The molecule has 94 valence electrons. The van der Waals surface area contributed by atoms with Gasteiger partial charge in [0.25, 0.3) is 0 Å². The summed E-state index contributed by atoms with van der Waals surface area (Å²) in [4.78, 5) is 9.86. The van der Waals surface area contributed by atoms with Crippen molar-refractivity contribution in [2.24, 2.45) is 5.16 Å². The highest BCUT2D eigenvalue weighted by molar-refractivity contribution is 7.13. The standard InChI is InChI=1S/C13H10N4OS/c18-15-9-10-3-1-7-17(10)13-14-6-5-11(16-13)12-4-2-8-19-12/h1-9,18H/b15-9+. The second kappa shape index (κ2) is 5.03. The topological polar surface area (TPSA) is 63.3 Å². The summed E-state index contributed by atoms with van der Waals surface area (Å²) in [7, 11) is 0. The lowest BCUT2D eigenvalue weighted by Gasteiger charge is -2.05. The highest BCUT2D eigenvalue weighted by Crippen LogP contribution is 2.22. The number of thiophene rings is 1. The van der Waals surface area contributed by atoms with Crippen molar-refractivity contribution < 1.29 is 5.21 Å². The quantitative estimate of drug-likeness (QED) is 0.452. The summed E-state index contributed by atoms with van der Waals surface area (Å²) >= 11 is 1.63. The fourth-order valence-electron chi connectivity index (χ4n) is 1.77. The first-order chi connectivity index (χ1) is 9.38. The van der Waals surface area contributed by atoms with Gasteiger partial charge in [-0.3, -0.25) is 4.57 Å². The van der Waals surface area contributed by atoms with Gasteiger partial charge < -0.3 is 5.21 Å². The Kier molecular flexibility index (Phi) is 3.07. The van der Waals surface area contributed by atoms with Crippen LogP contribution in [0.15, 0.2) is 53.3 Å². The predicted octanol–water partition coefficient (Wildman–Crippen LogP) is 2.80. The van der Waals surface area contributed by atoms with Crippen molar-refractivity contribution >= 4 is 17.6 Å². The molecule has 5 nitrogen and oxygen atoms in total. The Morgan fingerprint density at radius 3 is 3.00 bits per heavy atom. The van der Waals surface area contributed by atoms with Gasteiger partial charge in [-0.2, -0.15) is 0 Å². The number of aromatic nitrogens is 3. The third-order valence-electron chi connectivity index (χ3n) is 2.60. The maximum Gasteiger partial charge on any atom is 0.234 e. The van der Waals surface area contributed by atoms with Gasteiger partial charge in [0.2, 0.25) is 5.95 Å². The monoisotopic (exact) mass is 270 g/mol. The van der Waals surface area contributed by atoms with E-state index in [4.69, 9.17) is 5.21 Å². The zero-order valence-corrected chi connectivity index (χ0v) is 10.7. The minimum absolute atomic E-state index is 0.547. The van der Waals surface area contributed by atoms with Gasteiger partial charge in [0.1, 0.15) is 0 Å². The molecule has 0 amide bonds. The number of nitrogens with zero attached hydrogens (tertiary/aromatic N) is 4. The molecule has 0 aliphatic heterocycles. The Balaban J connectivity index is 2.06. The van der Waals surface area contributed by atoms with Crippen LogP contribution in [0.1, 0.15) is 5.69 Å². The van der Waals surface area contributed by atoms with E-state index in [1.165, 1.54) is 6.21 Å². The third-order valence-corrected chi connectivity index (χ3v) is 3.49. The van der Waals surface area contributed by atoms with Crippen LogP contribution in [0.5, 0.6) is 0 Å². The van der Waals surface area contributed by atoms with Gasteiger partial charge in [-0.05, 0) is 29.6 Å². The van der Waals surface area contributed by atoms with Gasteiger partial charge in [0.05, 0.1) is 22.5 Å². The molecule has 0 aromatic carbocycles. The molecule has 0 fully saturated rings. The van der Waals surface area contributed by atoms with E-state index in [0.717, 1.165) is 10.6 Å². The van der Waals surface area contributed by atoms with Crippen molar-refractivity contribution in [2.75, 3.05) is 0 Å². The SMILES string of the molecule is O/N=C/c1cccn1-c1nccc(-c2cccs2)n1. The minimum atomic E-state index is 0.547. The van der Waals surface area contributed by atoms with Gasteiger partial charge in [-0.25, -0.2) is 9.97 Å². The number of oxime groups is 1. The molecule has 3 heterocycles. The molecule has 6 heteroatoms. The van der Waals surface area contributed by atoms with E-state index in [0.29, 0.717) is 11.6 Å². The lowest BCUT2D eigenvalue weighted by molar-refractivity contribution is 0.321. The summed E-state index contributed by atoms with van der Waals surface area (Å²) in [5, 5.41) is 13.7. The lowest BCUT2D eigenvalue weighted by atomic mass is 10.3. The summed E-state index contributed by atoms with van der Waals surface area (Å²) in [5.41, 5.74) is 1.59. The summed E-state index contributed by atoms with van der Waals surface area (Å²) in [6.45, 7) is 0. The summed E-state index contributed by atoms with van der Waals surface area (Å²) in [6, 6.07) is 9.54. The van der Waals surface area contributed by atoms with Crippen molar-refractivity contribution in [3.05, 3.63) is 53.8 Å². The summed E-state index contributed by atoms with van der Waals surface area (Å²) < 4.78 is 1.76. The molecule has 0 saturated carbocycles.